The van der Waals surface area contributed by atoms with Crippen molar-refractivity contribution in [2.24, 2.45) is 0 Å². The molecule has 0 radical (unpaired) electrons. The fourth-order valence-corrected chi connectivity index (χ4v) is 1.16. The van der Waals surface area contributed by atoms with Crippen molar-refractivity contribution in [1.82, 2.24) is 0 Å². The molecule has 1 aromatic rings. The van der Waals surface area contributed by atoms with Crippen molar-refractivity contribution in [3.63, 3.8) is 0 Å². The van der Waals surface area contributed by atoms with Crippen molar-refractivity contribution in [3.05, 3.63) is 28.8 Å². The van der Waals surface area contributed by atoms with Gasteiger partial charge in [0.1, 0.15) is 12.0 Å². The highest BCUT2D eigenvalue weighted by Gasteiger charge is 2.01. The zero-order chi connectivity index (χ0) is 9.68. The Hall–Kier alpha value is -1.02. The van der Waals surface area contributed by atoms with Crippen molar-refractivity contribution < 1.29 is 9.53 Å². The predicted octanol–water partition coefficient (Wildman–Crippen LogP) is 2.94. The molecule has 0 unspecified atom stereocenters. The Bertz CT molecular complexity index is 297. The number of aldehydes is 1. The Morgan fingerprint density at radius 1 is 1.54 bits per heavy atom. The van der Waals surface area contributed by atoms with Gasteiger partial charge < -0.3 is 4.74 Å². The Kier molecular flexibility index (Phi) is 3.77. The molecule has 0 saturated carbocycles. The maximum atomic E-state index is 10.4. The predicted molar refractivity (Wildman–Crippen MR) is 52.6 cm³/mol. The standard InChI is InChI=1S/C10H11ClO2/c1-2-5-13-10-4-3-8(7-12)6-9(10)11/h3-4,6-7H,2,5H2,1H3. The smallest absolute Gasteiger partial charge is 0.150 e. The topological polar surface area (TPSA) is 26.3 Å². The summed E-state index contributed by atoms with van der Waals surface area (Å²) in [7, 11) is 0. The van der Waals surface area contributed by atoms with Gasteiger partial charge in [0.15, 0.2) is 0 Å². The monoisotopic (exact) mass is 198 g/mol. The van der Waals surface area contributed by atoms with E-state index < -0.39 is 0 Å². The van der Waals surface area contributed by atoms with E-state index in [-0.39, 0.29) is 0 Å². The van der Waals surface area contributed by atoms with Crippen LogP contribution in [0.15, 0.2) is 18.2 Å². The number of carbonyl (C=O) groups excluding carboxylic acids is 1. The Morgan fingerprint density at radius 2 is 2.31 bits per heavy atom. The van der Waals surface area contributed by atoms with Gasteiger partial charge in [-0.3, -0.25) is 4.79 Å². The molecule has 0 aliphatic carbocycles. The third kappa shape index (κ3) is 2.74. The van der Waals surface area contributed by atoms with Gasteiger partial charge in [-0.05, 0) is 24.6 Å². The average Bonchev–Trinajstić information content (AvgIpc) is 2.16. The van der Waals surface area contributed by atoms with Crippen molar-refractivity contribution in [1.29, 1.82) is 0 Å². The number of hydrogen-bond donors (Lipinski definition) is 0. The molecule has 0 aromatic heterocycles. The third-order valence-electron chi connectivity index (χ3n) is 1.55. The van der Waals surface area contributed by atoms with Gasteiger partial charge in [-0.15, -0.1) is 0 Å². The van der Waals surface area contributed by atoms with Crippen molar-refractivity contribution in [3.8, 4) is 5.75 Å². The van der Waals surface area contributed by atoms with Crippen LogP contribution in [0, 0.1) is 0 Å². The van der Waals surface area contributed by atoms with Crippen LogP contribution in [0.3, 0.4) is 0 Å². The SMILES string of the molecule is CCCOc1ccc(C=O)cc1Cl. The van der Waals surface area contributed by atoms with Crippen LogP contribution in [0.25, 0.3) is 0 Å². The van der Waals surface area contributed by atoms with Gasteiger partial charge in [0.05, 0.1) is 11.6 Å². The summed E-state index contributed by atoms with van der Waals surface area (Å²) in [6.07, 6.45) is 1.70. The summed E-state index contributed by atoms with van der Waals surface area (Å²) in [5.74, 6) is 0.633. The summed E-state index contributed by atoms with van der Waals surface area (Å²) in [6.45, 7) is 2.66. The van der Waals surface area contributed by atoms with E-state index in [9.17, 15) is 4.79 Å². The number of halogens is 1. The molecule has 0 spiro atoms. The summed E-state index contributed by atoms with van der Waals surface area (Å²) in [4.78, 5) is 10.4. The molecular weight excluding hydrogens is 188 g/mol. The van der Waals surface area contributed by atoms with E-state index in [0.29, 0.717) is 22.9 Å². The van der Waals surface area contributed by atoms with Gasteiger partial charge in [0.25, 0.3) is 0 Å². The first kappa shape index (κ1) is 10.1. The highest BCUT2D eigenvalue weighted by atomic mass is 35.5. The van der Waals surface area contributed by atoms with E-state index in [0.717, 1.165) is 12.7 Å². The quantitative estimate of drug-likeness (QED) is 0.696. The van der Waals surface area contributed by atoms with Gasteiger partial charge >= 0.3 is 0 Å². The molecule has 0 saturated heterocycles. The van der Waals surface area contributed by atoms with Gasteiger partial charge in [-0.1, -0.05) is 18.5 Å². The van der Waals surface area contributed by atoms with Crippen LogP contribution in [-0.2, 0) is 0 Å². The second kappa shape index (κ2) is 4.87. The molecule has 1 rings (SSSR count). The summed E-state index contributed by atoms with van der Waals surface area (Å²) in [5, 5.41) is 0.484. The molecule has 13 heavy (non-hydrogen) atoms. The minimum atomic E-state index is 0.484. The molecule has 0 fully saturated rings. The van der Waals surface area contributed by atoms with Crippen LogP contribution in [0.5, 0.6) is 5.75 Å². The molecule has 70 valence electrons. The van der Waals surface area contributed by atoms with Gasteiger partial charge in [0.2, 0.25) is 0 Å². The van der Waals surface area contributed by atoms with E-state index in [1.807, 2.05) is 6.92 Å². The lowest BCUT2D eigenvalue weighted by atomic mass is 10.2. The highest BCUT2D eigenvalue weighted by molar-refractivity contribution is 6.32. The molecule has 0 atom stereocenters. The zero-order valence-corrected chi connectivity index (χ0v) is 8.17. The third-order valence-corrected chi connectivity index (χ3v) is 1.85. The van der Waals surface area contributed by atoms with Crippen LogP contribution < -0.4 is 4.74 Å². The normalized spacial score (nSPS) is 9.69. The number of hydrogen-bond acceptors (Lipinski definition) is 2. The summed E-state index contributed by atoms with van der Waals surface area (Å²) < 4.78 is 5.34. The Morgan fingerprint density at radius 3 is 2.85 bits per heavy atom. The number of rotatable bonds is 4. The van der Waals surface area contributed by atoms with Crippen LogP contribution in [-0.4, -0.2) is 12.9 Å². The van der Waals surface area contributed by atoms with Crippen molar-refractivity contribution >= 4 is 17.9 Å². The molecule has 3 heteroatoms. The lowest BCUT2D eigenvalue weighted by molar-refractivity contribution is 0.112. The lowest BCUT2D eigenvalue weighted by Crippen LogP contribution is -1.95. The van der Waals surface area contributed by atoms with Gasteiger partial charge in [-0.2, -0.15) is 0 Å². The first-order chi connectivity index (χ1) is 6.27. The maximum Gasteiger partial charge on any atom is 0.150 e. The zero-order valence-electron chi connectivity index (χ0n) is 7.42. The van der Waals surface area contributed by atoms with E-state index in [2.05, 4.69) is 0 Å². The molecule has 0 heterocycles. The first-order valence-electron chi connectivity index (χ1n) is 4.15. The fraction of sp³-hybridized carbons (Fsp3) is 0.300. The van der Waals surface area contributed by atoms with E-state index in [1.54, 1.807) is 18.2 Å². The van der Waals surface area contributed by atoms with E-state index >= 15 is 0 Å². The molecular formula is C10H11ClO2. The molecule has 0 bridgehead atoms. The Balaban J connectivity index is 2.79. The Labute approximate surface area is 82.5 Å². The largest absolute Gasteiger partial charge is 0.492 e. The van der Waals surface area contributed by atoms with Gasteiger partial charge in [-0.25, -0.2) is 0 Å². The summed E-state index contributed by atoms with van der Waals surface area (Å²) in [6, 6.07) is 4.99. The number of carbonyl (C=O) groups is 1. The maximum absolute atomic E-state index is 10.4. The number of benzene rings is 1. The first-order valence-corrected chi connectivity index (χ1v) is 4.53. The summed E-state index contributed by atoms with van der Waals surface area (Å²) >= 11 is 5.86. The lowest BCUT2D eigenvalue weighted by Gasteiger charge is -2.06. The molecule has 0 aliphatic rings. The number of ether oxygens (including phenoxy) is 1. The van der Waals surface area contributed by atoms with Crippen LogP contribution in [0.1, 0.15) is 23.7 Å². The van der Waals surface area contributed by atoms with E-state index in [4.69, 9.17) is 16.3 Å². The van der Waals surface area contributed by atoms with Crippen LogP contribution in [0.2, 0.25) is 5.02 Å². The minimum Gasteiger partial charge on any atom is -0.492 e. The molecule has 1 aromatic carbocycles. The second-order valence-electron chi connectivity index (χ2n) is 2.66. The fourth-order valence-electron chi connectivity index (χ4n) is 0.919. The molecule has 0 N–H and O–H groups in total. The molecule has 0 aliphatic heterocycles. The average molecular weight is 199 g/mol. The molecule has 0 amide bonds. The van der Waals surface area contributed by atoms with Crippen LogP contribution >= 0.6 is 11.6 Å². The van der Waals surface area contributed by atoms with Crippen molar-refractivity contribution in [2.75, 3.05) is 6.61 Å². The van der Waals surface area contributed by atoms with Crippen molar-refractivity contribution in [2.45, 2.75) is 13.3 Å². The van der Waals surface area contributed by atoms with Crippen LogP contribution in [0.4, 0.5) is 0 Å². The van der Waals surface area contributed by atoms with E-state index in [1.165, 1.54) is 0 Å². The minimum absolute atomic E-state index is 0.484. The summed E-state index contributed by atoms with van der Waals surface area (Å²) in [5.41, 5.74) is 0.564. The van der Waals surface area contributed by atoms with Gasteiger partial charge in [0, 0.05) is 5.56 Å². The molecule has 2 nitrogen and oxygen atoms in total. The second-order valence-corrected chi connectivity index (χ2v) is 3.06. The highest BCUT2D eigenvalue weighted by Crippen LogP contribution is 2.24.